The Morgan fingerprint density at radius 1 is 0.950 bits per heavy atom. The van der Waals surface area contributed by atoms with Gasteiger partial charge in [0.05, 0.1) is 24.0 Å². The van der Waals surface area contributed by atoms with Crippen LogP contribution in [0, 0.1) is 13.8 Å². The lowest BCUT2D eigenvalue weighted by atomic mass is 10.00. The molecule has 3 N–H and O–H groups in total. The van der Waals surface area contributed by atoms with Crippen LogP contribution < -0.4 is 16.0 Å². The average molecular weight is 550 g/mol. The fraction of sp³-hybridized carbons (Fsp3) is 0.300. The van der Waals surface area contributed by atoms with Crippen LogP contribution in [0.4, 0.5) is 18.9 Å². The Hall–Kier alpha value is -4.34. The maximum atomic E-state index is 12.9. The van der Waals surface area contributed by atoms with Crippen LogP contribution in [0.5, 0.6) is 0 Å². The molecule has 2 aromatic carbocycles. The number of aryl methyl sites for hydroxylation is 2. The molecule has 7 nitrogen and oxygen atoms in total. The highest BCUT2D eigenvalue weighted by molar-refractivity contribution is 5.97. The van der Waals surface area contributed by atoms with E-state index in [0.29, 0.717) is 22.5 Å². The molecule has 2 aromatic heterocycles. The van der Waals surface area contributed by atoms with Crippen molar-refractivity contribution in [3.8, 4) is 22.4 Å². The Labute approximate surface area is 229 Å². The second kappa shape index (κ2) is 10.7. The number of nitrogens with one attached hydrogen (secondary N) is 3. The number of benzene rings is 2. The summed E-state index contributed by atoms with van der Waals surface area (Å²) in [4.78, 5) is 29.3. The first-order valence-electron chi connectivity index (χ1n) is 13.1. The van der Waals surface area contributed by atoms with Crippen LogP contribution in [-0.2, 0) is 0 Å². The smallest absolute Gasteiger partial charge is 0.382 e. The number of pyridine rings is 1. The van der Waals surface area contributed by atoms with Gasteiger partial charge in [-0.1, -0.05) is 18.2 Å². The molecule has 40 heavy (non-hydrogen) atoms. The molecular weight excluding hydrogens is 519 g/mol. The molecular formula is C30H30F3N5O2. The van der Waals surface area contributed by atoms with Crippen LogP contribution in [-0.4, -0.2) is 47.0 Å². The lowest BCUT2D eigenvalue weighted by Crippen LogP contribution is -2.26. The lowest BCUT2D eigenvalue weighted by molar-refractivity contribution is -0.131. The van der Waals surface area contributed by atoms with Gasteiger partial charge in [0.1, 0.15) is 0 Å². The maximum Gasteiger partial charge on any atom is 0.390 e. The van der Waals surface area contributed by atoms with Crippen molar-refractivity contribution in [3.63, 3.8) is 0 Å². The molecule has 5 rings (SSSR count). The van der Waals surface area contributed by atoms with Gasteiger partial charge >= 0.3 is 6.18 Å². The molecule has 208 valence electrons. The van der Waals surface area contributed by atoms with Crippen molar-refractivity contribution in [2.75, 3.05) is 18.9 Å². The number of carbonyl (C=O) groups is 2. The number of hydrogen-bond acceptors (Lipinski definition) is 4. The monoisotopic (exact) mass is 549 g/mol. The lowest BCUT2D eigenvalue weighted by Gasteiger charge is -2.15. The van der Waals surface area contributed by atoms with Crippen LogP contribution >= 0.6 is 0 Å². The number of hydrogen-bond donors (Lipinski definition) is 3. The molecule has 1 aliphatic carbocycles. The predicted molar refractivity (Wildman–Crippen MR) is 149 cm³/mol. The van der Waals surface area contributed by atoms with Crippen molar-refractivity contribution in [2.45, 2.75) is 45.3 Å². The summed E-state index contributed by atoms with van der Waals surface area (Å²) < 4.78 is 40.5. The number of aromatic nitrogens is 2. The number of carbonyl (C=O) groups excluding carboxylic acids is 2. The largest absolute Gasteiger partial charge is 0.390 e. The standard InChI is InChI=1S/C30H30F3N5O2/c1-17-12-19(4-8-24(17)29(40)37-22-6-7-22)21-14-25(35-11-10-30(31,32)33)27-36-15-26(38(27)16-21)20-5-9-23(18(2)13-20)28(39)34-3/h4-5,8-9,12-16,22,35H,6-7,10-11H2,1-3H3,(H,34,39)(H,37,40). The van der Waals surface area contributed by atoms with E-state index in [4.69, 9.17) is 0 Å². The van der Waals surface area contributed by atoms with Gasteiger partial charge in [-0.2, -0.15) is 13.2 Å². The van der Waals surface area contributed by atoms with Gasteiger partial charge in [-0.25, -0.2) is 4.98 Å². The van der Waals surface area contributed by atoms with Gasteiger partial charge < -0.3 is 16.0 Å². The molecule has 2 heterocycles. The predicted octanol–water partition coefficient (Wildman–Crippen LogP) is 5.90. The van der Waals surface area contributed by atoms with Crippen molar-refractivity contribution >= 4 is 23.1 Å². The van der Waals surface area contributed by atoms with E-state index in [1.165, 1.54) is 0 Å². The van der Waals surface area contributed by atoms with Crippen molar-refractivity contribution < 1.29 is 22.8 Å². The Bertz CT molecular complexity index is 1610. The van der Waals surface area contributed by atoms with Gasteiger partial charge in [-0.3, -0.25) is 14.0 Å². The second-order valence-electron chi connectivity index (χ2n) is 10.2. The van der Waals surface area contributed by atoms with E-state index in [9.17, 15) is 22.8 Å². The summed E-state index contributed by atoms with van der Waals surface area (Å²) in [6.07, 6.45) is 0.259. The van der Waals surface area contributed by atoms with Crippen LogP contribution in [0.1, 0.15) is 51.1 Å². The van der Waals surface area contributed by atoms with E-state index in [1.54, 1.807) is 31.4 Å². The van der Waals surface area contributed by atoms with Gasteiger partial charge in [0.2, 0.25) is 0 Å². The third-order valence-corrected chi connectivity index (χ3v) is 7.04. The topological polar surface area (TPSA) is 87.5 Å². The molecule has 0 saturated heterocycles. The normalized spacial score (nSPS) is 13.3. The van der Waals surface area contributed by atoms with Gasteiger partial charge in [-0.15, -0.1) is 0 Å². The Morgan fingerprint density at radius 3 is 2.23 bits per heavy atom. The highest BCUT2D eigenvalue weighted by Crippen LogP contribution is 2.32. The van der Waals surface area contributed by atoms with E-state index in [1.807, 2.05) is 48.7 Å². The van der Waals surface area contributed by atoms with E-state index in [0.717, 1.165) is 46.4 Å². The highest BCUT2D eigenvalue weighted by Gasteiger charge is 2.27. The first-order chi connectivity index (χ1) is 19.0. The summed E-state index contributed by atoms with van der Waals surface area (Å²) in [5, 5.41) is 8.54. The number of imidazole rings is 1. The van der Waals surface area contributed by atoms with Gasteiger partial charge in [0, 0.05) is 48.1 Å². The first kappa shape index (κ1) is 27.2. The third-order valence-electron chi connectivity index (χ3n) is 7.04. The molecule has 1 fully saturated rings. The minimum absolute atomic E-state index is 0.107. The van der Waals surface area contributed by atoms with Gasteiger partial charge in [0.25, 0.3) is 11.8 Å². The fourth-order valence-corrected chi connectivity index (χ4v) is 4.73. The Morgan fingerprint density at radius 2 is 1.60 bits per heavy atom. The van der Waals surface area contributed by atoms with Crippen molar-refractivity contribution in [1.29, 1.82) is 0 Å². The summed E-state index contributed by atoms with van der Waals surface area (Å²) in [5.74, 6) is -0.297. The molecule has 0 atom stereocenters. The fourth-order valence-electron chi connectivity index (χ4n) is 4.73. The molecule has 1 saturated carbocycles. The molecule has 0 radical (unpaired) electrons. The Balaban J connectivity index is 1.57. The van der Waals surface area contributed by atoms with Crippen LogP contribution in [0.15, 0.2) is 54.9 Å². The van der Waals surface area contributed by atoms with Crippen molar-refractivity contribution in [2.24, 2.45) is 0 Å². The average Bonchev–Trinajstić information content (AvgIpc) is 3.61. The van der Waals surface area contributed by atoms with Crippen molar-refractivity contribution in [1.82, 2.24) is 20.0 Å². The molecule has 0 aliphatic heterocycles. The highest BCUT2D eigenvalue weighted by atomic mass is 19.4. The zero-order valence-corrected chi connectivity index (χ0v) is 22.4. The molecule has 0 bridgehead atoms. The molecule has 0 unspecified atom stereocenters. The summed E-state index contributed by atoms with van der Waals surface area (Å²) in [7, 11) is 1.57. The number of fused-ring (bicyclic) bond motifs is 1. The Kier molecular flexibility index (Phi) is 7.27. The number of anilines is 1. The number of amides is 2. The second-order valence-corrected chi connectivity index (χ2v) is 10.2. The number of alkyl halides is 3. The number of nitrogens with zero attached hydrogens (tertiary/aromatic N) is 2. The quantitative estimate of drug-likeness (QED) is 0.255. The van der Waals surface area contributed by atoms with Gasteiger partial charge in [0.15, 0.2) is 5.65 Å². The van der Waals surface area contributed by atoms with Crippen molar-refractivity contribution in [3.05, 3.63) is 77.1 Å². The zero-order valence-electron chi connectivity index (χ0n) is 22.4. The van der Waals surface area contributed by atoms with Gasteiger partial charge in [-0.05, 0) is 67.6 Å². The summed E-state index contributed by atoms with van der Waals surface area (Å²) in [6, 6.07) is 13.0. The van der Waals surface area contributed by atoms with E-state index in [2.05, 4.69) is 20.9 Å². The summed E-state index contributed by atoms with van der Waals surface area (Å²) in [6.45, 7) is 3.41. The van der Waals surface area contributed by atoms with E-state index >= 15 is 0 Å². The molecule has 1 aliphatic rings. The first-order valence-corrected chi connectivity index (χ1v) is 13.1. The maximum absolute atomic E-state index is 12.9. The minimum atomic E-state index is -4.29. The zero-order chi connectivity index (χ0) is 28.6. The molecule has 10 heteroatoms. The molecule has 0 spiro atoms. The minimum Gasteiger partial charge on any atom is -0.382 e. The summed E-state index contributed by atoms with van der Waals surface area (Å²) in [5.41, 5.74) is 6.75. The van der Waals surface area contributed by atoms with E-state index < -0.39 is 12.6 Å². The molecule has 2 amide bonds. The van der Waals surface area contributed by atoms with E-state index in [-0.39, 0.29) is 24.4 Å². The SMILES string of the molecule is CNC(=O)c1ccc(-c2cnc3c(NCCC(F)(F)F)cc(-c4ccc(C(=O)NC5CC5)c(C)c4)cn23)cc1C. The number of rotatable bonds is 8. The third kappa shape index (κ3) is 5.80. The van der Waals surface area contributed by atoms with Crippen LogP contribution in [0.2, 0.25) is 0 Å². The number of halogens is 3. The molecule has 4 aromatic rings. The van der Waals surface area contributed by atoms with Crippen LogP contribution in [0.25, 0.3) is 28.0 Å². The summed E-state index contributed by atoms with van der Waals surface area (Å²) >= 11 is 0. The van der Waals surface area contributed by atoms with Crippen LogP contribution in [0.3, 0.4) is 0 Å².